The number of nitrogens with zero attached hydrogens (tertiary/aromatic N) is 1. The van der Waals surface area contributed by atoms with Crippen molar-refractivity contribution in [3.8, 4) is 0 Å². The second-order valence-electron chi connectivity index (χ2n) is 3.07. The van der Waals surface area contributed by atoms with Crippen LogP contribution in [0.25, 0.3) is 0 Å². The minimum absolute atomic E-state index is 0.362. The second kappa shape index (κ2) is 3.69. The first kappa shape index (κ1) is 9.22. The fraction of sp³-hybridized carbons (Fsp3) is 0.625. The molecule has 0 aromatic heterocycles. The fourth-order valence-electron chi connectivity index (χ4n) is 1.06. The number of nitrogens with two attached hydrogens (primary N) is 2. The Morgan fingerprint density at radius 3 is 3.00 bits per heavy atom. The Labute approximate surface area is 72.3 Å². The highest BCUT2D eigenvalue weighted by Gasteiger charge is 2.23. The molecule has 0 fully saturated rings. The first-order valence-corrected chi connectivity index (χ1v) is 3.95. The highest BCUT2D eigenvalue weighted by atomic mass is 16.5. The van der Waals surface area contributed by atoms with Gasteiger partial charge in [0, 0.05) is 19.9 Å². The predicted molar refractivity (Wildman–Crippen MR) is 48.8 cm³/mol. The molecule has 0 aromatic rings. The van der Waals surface area contributed by atoms with Crippen LogP contribution in [-0.4, -0.2) is 25.5 Å². The number of hydrogen-bond donors (Lipinski definition) is 2. The largest absolute Gasteiger partial charge is 0.385 e. The summed E-state index contributed by atoms with van der Waals surface area (Å²) in [4.78, 5) is 3.97. The van der Waals surface area contributed by atoms with Crippen molar-refractivity contribution in [2.24, 2.45) is 16.5 Å². The van der Waals surface area contributed by atoms with Crippen molar-refractivity contribution >= 4 is 6.21 Å². The molecule has 1 rings (SSSR count). The molecule has 12 heavy (non-hydrogen) atoms. The van der Waals surface area contributed by atoms with Gasteiger partial charge in [-0.05, 0) is 18.9 Å². The van der Waals surface area contributed by atoms with E-state index in [0.717, 1.165) is 12.8 Å². The summed E-state index contributed by atoms with van der Waals surface area (Å²) in [6, 6.07) is 0. The molecule has 0 saturated heterocycles. The lowest BCUT2D eigenvalue weighted by molar-refractivity contribution is 0.181. The highest BCUT2D eigenvalue weighted by Crippen LogP contribution is 2.15. The molecule has 0 radical (unpaired) electrons. The van der Waals surface area contributed by atoms with Crippen molar-refractivity contribution in [2.75, 3.05) is 13.7 Å². The van der Waals surface area contributed by atoms with Crippen molar-refractivity contribution in [1.82, 2.24) is 0 Å². The number of aliphatic imine (C=N–C) groups is 1. The van der Waals surface area contributed by atoms with Gasteiger partial charge in [-0.3, -0.25) is 0 Å². The van der Waals surface area contributed by atoms with Crippen molar-refractivity contribution < 1.29 is 4.74 Å². The van der Waals surface area contributed by atoms with E-state index in [0.29, 0.717) is 12.4 Å². The van der Waals surface area contributed by atoms with Gasteiger partial charge >= 0.3 is 0 Å². The van der Waals surface area contributed by atoms with Crippen LogP contribution in [0.2, 0.25) is 0 Å². The third-order valence-electron chi connectivity index (χ3n) is 1.93. The van der Waals surface area contributed by atoms with E-state index in [-0.39, 0.29) is 5.54 Å². The van der Waals surface area contributed by atoms with Gasteiger partial charge < -0.3 is 16.2 Å². The normalized spacial score (nSPS) is 28.7. The van der Waals surface area contributed by atoms with Crippen molar-refractivity contribution in [3.63, 3.8) is 0 Å². The zero-order chi connectivity index (χ0) is 9.03. The quantitative estimate of drug-likeness (QED) is 0.624. The Balaban J connectivity index is 2.47. The molecular formula is C8H15N3O. The average Bonchev–Trinajstić information content (AvgIpc) is 2.08. The molecule has 4 N–H and O–H groups in total. The van der Waals surface area contributed by atoms with Crippen molar-refractivity contribution in [2.45, 2.75) is 18.4 Å². The molecule has 0 amide bonds. The molecule has 1 aliphatic heterocycles. The van der Waals surface area contributed by atoms with Crippen molar-refractivity contribution in [3.05, 3.63) is 11.9 Å². The number of ether oxygens (including phenoxy) is 1. The lowest BCUT2D eigenvalue weighted by Crippen LogP contribution is -2.43. The van der Waals surface area contributed by atoms with Gasteiger partial charge in [-0.2, -0.15) is 0 Å². The van der Waals surface area contributed by atoms with Gasteiger partial charge in [-0.25, -0.2) is 4.99 Å². The molecule has 1 heterocycles. The van der Waals surface area contributed by atoms with Crippen LogP contribution in [-0.2, 0) is 4.74 Å². The van der Waals surface area contributed by atoms with Gasteiger partial charge in [0.1, 0.15) is 5.82 Å². The van der Waals surface area contributed by atoms with E-state index in [1.54, 1.807) is 13.3 Å². The molecule has 0 saturated carbocycles. The summed E-state index contributed by atoms with van der Waals surface area (Å²) >= 11 is 0. The minimum atomic E-state index is -0.362. The molecule has 0 spiro atoms. The van der Waals surface area contributed by atoms with E-state index in [4.69, 9.17) is 16.2 Å². The monoisotopic (exact) mass is 169 g/mol. The van der Waals surface area contributed by atoms with Gasteiger partial charge in [0.25, 0.3) is 0 Å². The average molecular weight is 169 g/mol. The molecular weight excluding hydrogens is 154 g/mol. The predicted octanol–water partition coefficient (Wildman–Crippen LogP) is -0.00500. The Hall–Kier alpha value is -0.870. The SMILES string of the molecule is COCCC1(N)C=NC(N)=CC1. The maximum Gasteiger partial charge on any atom is 0.118 e. The molecule has 1 aliphatic rings. The smallest absolute Gasteiger partial charge is 0.118 e. The maximum atomic E-state index is 5.98. The highest BCUT2D eigenvalue weighted by molar-refractivity contribution is 5.72. The Kier molecular flexibility index (Phi) is 2.83. The second-order valence-corrected chi connectivity index (χ2v) is 3.07. The molecule has 68 valence electrons. The minimum Gasteiger partial charge on any atom is -0.385 e. The lowest BCUT2D eigenvalue weighted by Gasteiger charge is -2.25. The third-order valence-corrected chi connectivity index (χ3v) is 1.93. The van der Waals surface area contributed by atoms with E-state index in [2.05, 4.69) is 4.99 Å². The van der Waals surface area contributed by atoms with E-state index < -0.39 is 0 Å². The van der Waals surface area contributed by atoms with Gasteiger partial charge in [0.2, 0.25) is 0 Å². The summed E-state index contributed by atoms with van der Waals surface area (Å²) in [6.07, 6.45) is 5.07. The van der Waals surface area contributed by atoms with Gasteiger partial charge in [-0.15, -0.1) is 0 Å². The standard InChI is InChI=1S/C8H15N3O/c1-12-5-4-8(10)3-2-7(9)11-6-8/h2,6H,3-5,9-10H2,1H3. The summed E-state index contributed by atoms with van der Waals surface area (Å²) < 4.78 is 4.94. The zero-order valence-corrected chi connectivity index (χ0v) is 7.29. The third kappa shape index (κ3) is 2.32. The van der Waals surface area contributed by atoms with Crippen LogP contribution in [0.4, 0.5) is 0 Å². The Morgan fingerprint density at radius 2 is 2.50 bits per heavy atom. The van der Waals surface area contributed by atoms with Crippen LogP contribution >= 0.6 is 0 Å². The Morgan fingerprint density at radius 1 is 1.75 bits per heavy atom. The van der Waals surface area contributed by atoms with Gasteiger partial charge in [0.05, 0.1) is 5.54 Å². The first-order valence-electron chi connectivity index (χ1n) is 3.95. The summed E-state index contributed by atoms with van der Waals surface area (Å²) in [5, 5.41) is 0. The number of rotatable bonds is 3. The molecule has 0 aromatic carbocycles. The summed E-state index contributed by atoms with van der Waals surface area (Å²) in [5.74, 6) is 0.550. The zero-order valence-electron chi connectivity index (χ0n) is 7.29. The fourth-order valence-corrected chi connectivity index (χ4v) is 1.06. The molecule has 4 nitrogen and oxygen atoms in total. The van der Waals surface area contributed by atoms with E-state index >= 15 is 0 Å². The van der Waals surface area contributed by atoms with Crippen LogP contribution in [0, 0.1) is 0 Å². The topological polar surface area (TPSA) is 73.6 Å². The van der Waals surface area contributed by atoms with Crippen molar-refractivity contribution in [1.29, 1.82) is 0 Å². The lowest BCUT2D eigenvalue weighted by atomic mass is 9.93. The summed E-state index contributed by atoms with van der Waals surface area (Å²) in [7, 11) is 1.66. The van der Waals surface area contributed by atoms with Crippen LogP contribution in [0.3, 0.4) is 0 Å². The van der Waals surface area contributed by atoms with E-state index in [1.165, 1.54) is 0 Å². The summed E-state index contributed by atoms with van der Waals surface area (Å²) in [5.41, 5.74) is 11.1. The molecule has 1 unspecified atom stereocenters. The van der Waals surface area contributed by atoms with Crippen LogP contribution in [0.5, 0.6) is 0 Å². The van der Waals surface area contributed by atoms with Crippen LogP contribution < -0.4 is 11.5 Å². The van der Waals surface area contributed by atoms with Gasteiger partial charge in [-0.1, -0.05) is 0 Å². The number of methoxy groups -OCH3 is 1. The molecule has 0 bridgehead atoms. The van der Waals surface area contributed by atoms with E-state index in [1.807, 2.05) is 6.08 Å². The van der Waals surface area contributed by atoms with Crippen LogP contribution in [0.1, 0.15) is 12.8 Å². The van der Waals surface area contributed by atoms with E-state index in [9.17, 15) is 0 Å². The summed E-state index contributed by atoms with van der Waals surface area (Å²) in [6.45, 7) is 0.649. The van der Waals surface area contributed by atoms with Crippen LogP contribution in [0.15, 0.2) is 16.9 Å². The molecule has 0 aliphatic carbocycles. The maximum absolute atomic E-state index is 5.98. The first-order chi connectivity index (χ1) is 5.66. The van der Waals surface area contributed by atoms with Gasteiger partial charge in [0.15, 0.2) is 0 Å². The molecule has 1 atom stereocenters. The molecule has 4 heteroatoms. The number of hydrogen-bond acceptors (Lipinski definition) is 4. The Bertz CT molecular complexity index is 212.